The molecule has 13 heavy (non-hydrogen) atoms. The van der Waals surface area contributed by atoms with E-state index in [1.54, 1.807) is 7.11 Å². The molecule has 1 atom stereocenters. The van der Waals surface area contributed by atoms with Crippen molar-refractivity contribution in [1.82, 2.24) is 0 Å². The van der Waals surface area contributed by atoms with Gasteiger partial charge in [-0.2, -0.15) is 0 Å². The van der Waals surface area contributed by atoms with Gasteiger partial charge in [-0.05, 0) is 18.8 Å². The normalized spacial score (nSPS) is 13.9. The smallest absolute Gasteiger partial charge is 0.145 e. The first-order valence-corrected chi connectivity index (χ1v) is 4.97. The minimum absolute atomic E-state index is 0.201. The minimum Gasteiger partial charge on any atom is -0.381 e. The van der Waals surface area contributed by atoms with Gasteiger partial charge < -0.3 is 4.74 Å². The first-order valence-electron chi connectivity index (χ1n) is 4.97. The van der Waals surface area contributed by atoms with Gasteiger partial charge in [0.2, 0.25) is 0 Å². The maximum absolute atomic E-state index is 5.33. The first kappa shape index (κ1) is 12.8. The van der Waals surface area contributed by atoms with Gasteiger partial charge in [-0.1, -0.05) is 27.1 Å². The molecule has 0 rings (SSSR count). The van der Waals surface area contributed by atoms with Crippen LogP contribution < -0.4 is 0 Å². The molecule has 0 heterocycles. The molecule has 0 aromatic rings. The van der Waals surface area contributed by atoms with Crippen molar-refractivity contribution in [2.45, 2.75) is 46.5 Å². The molecule has 0 bridgehead atoms. The van der Waals surface area contributed by atoms with Gasteiger partial charge in [-0.25, -0.2) is 0 Å². The van der Waals surface area contributed by atoms with Crippen molar-refractivity contribution in [2.75, 3.05) is 7.11 Å². The second-order valence-electron chi connectivity index (χ2n) is 4.29. The standard InChI is InChI=1S/C11H22BO/c1-7-9(2)12-8-11(4,5)10(3)13-6/h10H,2,7-8H2,1,3-6H3. The van der Waals surface area contributed by atoms with Gasteiger partial charge in [0.15, 0.2) is 0 Å². The molecule has 0 aliphatic heterocycles. The van der Waals surface area contributed by atoms with Crippen LogP contribution in [0.15, 0.2) is 12.1 Å². The lowest BCUT2D eigenvalue weighted by Crippen LogP contribution is -2.29. The lowest BCUT2D eigenvalue weighted by atomic mass is 9.58. The van der Waals surface area contributed by atoms with Crippen LogP contribution in [0.1, 0.15) is 34.1 Å². The highest BCUT2D eigenvalue weighted by molar-refractivity contribution is 6.45. The lowest BCUT2D eigenvalue weighted by Gasteiger charge is -2.30. The zero-order chi connectivity index (χ0) is 10.5. The highest BCUT2D eigenvalue weighted by Crippen LogP contribution is 2.28. The molecule has 0 fully saturated rings. The van der Waals surface area contributed by atoms with E-state index in [0.717, 1.165) is 12.7 Å². The quantitative estimate of drug-likeness (QED) is 0.572. The van der Waals surface area contributed by atoms with Crippen molar-refractivity contribution in [3.63, 3.8) is 0 Å². The third kappa shape index (κ3) is 4.51. The minimum atomic E-state index is 0.201. The summed E-state index contributed by atoms with van der Waals surface area (Å²) in [5.41, 5.74) is 1.42. The van der Waals surface area contributed by atoms with Crippen molar-refractivity contribution >= 4 is 7.28 Å². The summed E-state index contributed by atoms with van der Waals surface area (Å²) < 4.78 is 5.33. The fourth-order valence-electron chi connectivity index (χ4n) is 1.04. The van der Waals surface area contributed by atoms with E-state index in [1.165, 1.54) is 5.47 Å². The molecule has 0 amide bonds. The Morgan fingerprint density at radius 2 is 2.08 bits per heavy atom. The molecule has 75 valence electrons. The molecule has 0 aromatic heterocycles. The Kier molecular flexibility index (Phi) is 5.39. The van der Waals surface area contributed by atoms with Crippen molar-refractivity contribution in [3.8, 4) is 0 Å². The van der Waals surface area contributed by atoms with Gasteiger partial charge in [-0.15, -0.1) is 12.1 Å². The zero-order valence-corrected chi connectivity index (χ0v) is 9.68. The van der Waals surface area contributed by atoms with E-state index in [-0.39, 0.29) is 11.5 Å². The Hall–Kier alpha value is -0.235. The molecule has 0 saturated heterocycles. The summed E-state index contributed by atoms with van der Waals surface area (Å²) in [7, 11) is 3.98. The molecule has 1 nitrogen and oxygen atoms in total. The maximum atomic E-state index is 5.33. The summed E-state index contributed by atoms with van der Waals surface area (Å²) in [6, 6.07) is 0. The summed E-state index contributed by atoms with van der Waals surface area (Å²) >= 11 is 0. The molecule has 2 heteroatoms. The van der Waals surface area contributed by atoms with E-state index in [2.05, 4.69) is 41.6 Å². The second kappa shape index (κ2) is 5.49. The Balaban J connectivity index is 3.95. The third-order valence-electron chi connectivity index (χ3n) is 2.83. The molecule has 0 saturated carbocycles. The van der Waals surface area contributed by atoms with Crippen molar-refractivity contribution in [3.05, 3.63) is 12.1 Å². The largest absolute Gasteiger partial charge is 0.381 e. The van der Waals surface area contributed by atoms with E-state index in [4.69, 9.17) is 4.74 Å². The first-order chi connectivity index (χ1) is 5.94. The SMILES string of the molecule is C=C([B]CC(C)(C)C(C)OC)CC. The van der Waals surface area contributed by atoms with Gasteiger partial charge in [0.1, 0.15) is 7.28 Å². The van der Waals surface area contributed by atoms with Crippen LogP contribution in [0.25, 0.3) is 0 Å². The average Bonchev–Trinajstić information content (AvgIpc) is 2.12. The number of allylic oxidation sites excluding steroid dienone is 1. The van der Waals surface area contributed by atoms with Crippen LogP contribution in [0.4, 0.5) is 0 Å². The van der Waals surface area contributed by atoms with E-state index in [0.29, 0.717) is 0 Å². The molecule has 0 aliphatic rings. The molecule has 1 unspecified atom stereocenters. The van der Waals surface area contributed by atoms with Crippen molar-refractivity contribution in [1.29, 1.82) is 0 Å². The predicted octanol–water partition coefficient (Wildman–Crippen LogP) is 3.09. The number of methoxy groups -OCH3 is 1. The van der Waals surface area contributed by atoms with Crippen LogP contribution in [0.2, 0.25) is 6.32 Å². The summed E-state index contributed by atoms with van der Waals surface area (Å²) in [5, 5.41) is 0. The summed E-state index contributed by atoms with van der Waals surface area (Å²) in [5.74, 6) is 0. The average molecular weight is 181 g/mol. The van der Waals surface area contributed by atoms with Crippen LogP contribution in [-0.4, -0.2) is 20.5 Å². The van der Waals surface area contributed by atoms with Gasteiger partial charge in [0, 0.05) is 7.11 Å². The number of rotatable bonds is 6. The van der Waals surface area contributed by atoms with Gasteiger partial charge in [0.25, 0.3) is 0 Å². The van der Waals surface area contributed by atoms with E-state index in [9.17, 15) is 0 Å². The van der Waals surface area contributed by atoms with Gasteiger partial charge in [-0.3, -0.25) is 0 Å². The molecular weight excluding hydrogens is 159 g/mol. The fraction of sp³-hybridized carbons (Fsp3) is 0.818. The topological polar surface area (TPSA) is 9.23 Å². The Morgan fingerprint density at radius 1 is 1.54 bits per heavy atom. The fourth-order valence-corrected chi connectivity index (χ4v) is 1.04. The molecule has 1 radical (unpaired) electrons. The Morgan fingerprint density at radius 3 is 2.46 bits per heavy atom. The molecular formula is C11H22BO. The highest BCUT2D eigenvalue weighted by Gasteiger charge is 2.25. The zero-order valence-electron chi connectivity index (χ0n) is 9.68. The van der Waals surface area contributed by atoms with Crippen LogP contribution in [0.3, 0.4) is 0 Å². The molecule has 0 spiro atoms. The number of hydrogen-bond donors (Lipinski definition) is 0. The van der Waals surface area contributed by atoms with Crippen molar-refractivity contribution < 1.29 is 4.74 Å². The van der Waals surface area contributed by atoms with Crippen LogP contribution in [0.5, 0.6) is 0 Å². The van der Waals surface area contributed by atoms with E-state index < -0.39 is 0 Å². The van der Waals surface area contributed by atoms with Gasteiger partial charge >= 0.3 is 0 Å². The number of ether oxygens (including phenoxy) is 1. The van der Waals surface area contributed by atoms with E-state index >= 15 is 0 Å². The maximum Gasteiger partial charge on any atom is 0.145 e. The Bertz CT molecular complexity index is 163. The summed E-state index contributed by atoms with van der Waals surface area (Å²) in [6.07, 6.45) is 2.36. The van der Waals surface area contributed by atoms with Crippen molar-refractivity contribution in [2.24, 2.45) is 5.41 Å². The lowest BCUT2D eigenvalue weighted by molar-refractivity contribution is 0.0315. The highest BCUT2D eigenvalue weighted by atomic mass is 16.5. The van der Waals surface area contributed by atoms with Crippen LogP contribution >= 0.6 is 0 Å². The van der Waals surface area contributed by atoms with Gasteiger partial charge in [0.05, 0.1) is 6.10 Å². The third-order valence-corrected chi connectivity index (χ3v) is 2.83. The monoisotopic (exact) mass is 181 g/mol. The molecule has 0 N–H and O–H groups in total. The Labute approximate surface area is 83.8 Å². The number of hydrogen-bond acceptors (Lipinski definition) is 1. The summed E-state index contributed by atoms with van der Waals surface area (Å²) in [4.78, 5) is 0. The molecule has 0 aromatic carbocycles. The second-order valence-corrected chi connectivity index (χ2v) is 4.29. The van der Waals surface area contributed by atoms with Crippen LogP contribution in [-0.2, 0) is 4.74 Å². The van der Waals surface area contributed by atoms with E-state index in [1.807, 2.05) is 0 Å². The predicted molar refractivity (Wildman–Crippen MR) is 60.2 cm³/mol. The van der Waals surface area contributed by atoms with Crippen LogP contribution in [0, 0.1) is 5.41 Å². The summed E-state index contributed by atoms with van der Waals surface area (Å²) in [6.45, 7) is 12.7. The molecule has 0 aliphatic carbocycles.